The summed E-state index contributed by atoms with van der Waals surface area (Å²) in [6, 6.07) is 10.8. The number of nitrogens with zero attached hydrogens (tertiary/aromatic N) is 2. The van der Waals surface area contributed by atoms with Gasteiger partial charge >= 0.3 is 12.1 Å². The Kier molecular flexibility index (Phi) is 10.4. The number of carbonyl (C=O) groups excluding carboxylic acids is 2. The van der Waals surface area contributed by atoms with Crippen molar-refractivity contribution in [2.75, 3.05) is 0 Å². The molecule has 3 atom stereocenters. The van der Waals surface area contributed by atoms with Gasteiger partial charge in [-0.15, -0.1) is 0 Å². The van der Waals surface area contributed by atoms with Crippen LogP contribution in [0.15, 0.2) is 42.6 Å². The first-order chi connectivity index (χ1) is 18.9. The van der Waals surface area contributed by atoms with E-state index in [4.69, 9.17) is 25.5 Å². The molecular weight excluding hydrogens is 556 g/mol. The van der Waals surface area contributed by atoms with E-state index in [1.807, 2.05) is 57.7 Å². The molecule has 0 spiro atoms. The number of hydrogen-bond acceptors (Lipinski definition) is 6. The number of esters is 1. The molecule has 1 aromatic heterocycles. The standard InChI is InChI=1S/C32H47ClN2O5Si/c1-21(2)38-29(36)23-13-11-22(12-14-23)19-25-16-17-26(35(25)30(37)39-31(3,4)5)28(24-15-18-27(33)34-20-24)40-41(9,10)32(6,7)8/h11-15,18,20-21,25-26,28H,16-17,19H2,1-10H3. The summed E-state index contributed by atoms with van der Waals surface area (Å²) in [5.74, 6) is -0.343. The van der Waals surface area contributed by atoms with E-state index >= 15 is 0 Å². The lowest BCUT2D eigenvalue weighted by atomic mass is 10.0. The van der Waals surface area contributed by atoms with Crippen LogP contribution < -0.4 is 0 Å². The molecule has 1 aliphatic rings. The number of pyridine rings is 1. The monoisotopic (exact) mass is 602 g/mol. The summed E-state index contributed by atoms with van der Waals surface area (Å²) < 4.78 is 18.3. The molecule has 0 saturated carbocycles. The zero-order chi connectivity index (χ0) is 30.8. The molecule has 2 heterocycles. The second kappa shape index (κ2) is 12.8. The Labute approximate surface area is 252 Å². The maximum atomic E-state index is 13.8. The van der Waals surface area contributed by atoms with Crippen molar-refractivity contribution in [3.8, 4) is 0 Å². The predicted molar refractivity (Wildman–Crippen MR) is 166 cm³/mol. The quantitative estimate of drug-likeness (QED) is 0.172. The molecule has 1 fully saturated rings. The van der Waals surface area contributed by atoms with Gasteiger partial charge in [-0.3, -0.25) is 4.90 Å². The normalized spacial score (nSPS) is 18.9. The fraction of sp³-hybridized carbons (Fsp3) is 0.594. The minimum atomic E-state index is -2.25. The van der Waals surface area contributed by atoms with E-state index in [0.717, 1.165) is 24.0 Å². The molecule has 0 bridgehead atoms. The van der Waals surface area contributed by atoms with Crippen LogP contribution in [0.4, 0.5) is 4.79 Å². The molecule has 41 heavy (non-hydrogen) atoms. The van der Waals surface area contributed by atoms with Crippen molar-refractivity contribution in [3.05, 3.63) is 64.4 Å². The average Bonchev–Trinajstić information content (AvgIpc) is 3.25. The van der Waals surface area contributed by atoms with Gasteiger partial charge < -0.3 is 13.9 Å². The number of carbonyl (C=O) groups is 2. The number of likely N-dealkylation sites (tertiary alicyclic amines) is 1. The third-order valence-electron chi connectivity index (χ3n) is 7.81. The topological polar surface area (TPSA) is 78.0 Å². The van der Waals surface area contributed by atoms with Gasteiger partial charge in [0.05, 0.1) is 23.8 Å². The molecule has 1 saturated heterocycles. The molecule has 226 valence electrons. The summed E-state index contributed by atoms with van der Waals surface area (Å²) in [6.07, 6.45) is 3.01. The number of rotatable bonds is 8. The molecule has 3 rings (SSSR count). The minimum Gasteiger partial charge on any atom is -0.459 e. The molecule has 3 unspecified atom stereocenters. The molecule has 7 nitrogen and oxygen atoms in total. The summed E-state index contributed by atoms with van der Waals surface area (Å²) in [6.45, 7) is 20.4. The molecule has 0 N–H and O–H groups in total. The van der Waals surface area contributed by atoms with Crippen LogP contribution in [0.5, 0.6) is 0 Å². The summed E-state index contributed by atoms with van der Waals surface area (Å²) in [5, 5.41) is 0.382. The first kappa shape index (κ1) is 33.1. The van der Waals surface area contributed by atoms with E-state index in [9.17, 15) is 9.59 Å². The lowest BCUT2D eigenvalue weighted by Gasteiger charge is -2.43. The van der Waals surface area contributed by atoms with Crippen LogP contribution in [-0.2, 0) is 20.3 Å². The van der Waals surface area contributed by atoms with Crippen molar-refractivity contribution in [1.29, 1.82) is 0 Å². The summed E-state index contributed by atoms with van der Waals surface area (Å²) in [5.41, 5.74) is 1.78. The van der Waals surface area contributed by atoms with Gasteiger partial charge in [0.25, 0.3) is 0 Å². The van der Waals surface area contributed by atoms with Crippen molar-refractivity contribution in [3.63, 3.8) is 0 Å². The predicted octanol–water partition coefficient (Wildman–Crippen LogP) is 8.37. The van der Waals surface area contributed by atoms with Gasteiger partial charge in [0.15, 0.2) is 8.32 Å². The van der Waals surface area contributed by atoms with Gasteiger partial charge in [-0.05, 0) is 95.8 Å². The zero-order valence-corrected chi connectivity index (χ0v) is 28.0. The number of halogens is 1. The lowest BCUT2D eigenvalue weighted by Crippen LogP contribution is -2.50. The maximum absolute atomic E-state index is 13.8. The summed E-state index contributed by atoms with van der Waals surface area (Å²) in [7, 11) is -2.25. The third-order valence-corrected chi connectivity index (χ3v) is 12.5. The van der Waals surface area contributed by atoms with Gasteiger partial charge in [0, 0.05) is 17.8 Å². The highest BCUT2D eigenvalue weighted by atomic mass is 35.5. The Hall–Kier alpha value is -2.42. The van der Waals surface area contributed by atoms with Crippen LogP contribution in [0.3, 0.4) is 0 Å². The Morgan fingerprint density at radius 3 is 2.17 bits per heavy atom. The van der Waals surface area contributed by atoms with E-state index in [-0.39, 0.29) is 41.4 Å². The van der Waals surface area contributed by atoms with Crippen LogP contribution in [-0.4, -0.2) is 54.1 Å². The van der Waals surface area contributed by atoms with Crippen molar-refractivity contribution in [2.24, 2.45) is 0 Å². The van der Waals surface area contributed by atoms with Crippen molar-refractivity contribution >= 4 is 32.0 Å². The zero-order valence-electron chi connectivity index (χ0n) is 26.3. The average molecular weight is 603 g/mol. The Balaban J connectivity index is 1.97. The second-order valence-electron chi connectivity index (χ2n) is 13.8. The Morgan fingerprint density at radius 1 is 1.02 bits per heavy atom. The highest BCUT2D eigenvalue weighted by Gasteiger charge is 2.47. The van der Waals surface area contributed by atoms with E-state index in [1.165, 1.54) is 0 Å². The van der Waals surface area contributed by atoms with E-state index in [0.29, 0.717) is 17.1 Å². The molecule has 1 aliphatic heterocycles. The molecule has 2 aromatic rings. The largest absolute Gasteiger partial charge is 0.459 e. The SMILES string of the molecule is CC(C)OC(=O)c1ccc(CC2CCC(C(O[Si](C)(C)C(C)(C)C)c3ccc(Cl)nc3)N2C(=O)OC(C)(C)C)cc1. The fourth-order valence-corrected chi connectivity index (χ4v) is 6.15. The smallest absolute Gasteiger partial charge is 0.410 e. The second-order valence-corrected chi connectivity index (χ2v) is 18.9. The van der Waals surface area contributed by atoms with Crippen molar-refractivity contribution < 1.29 is 23.5 Å². The number of hydrogen-bond donors (Lipinski definition) is 0. The van der Waals surface area contributed by atoms with Crippen LogP contribution in [0, 0.1) is 0 Å². The van der Waals surface area contributed by atoms with E-state index in [1.54, 1.807) is 24.4 Å². The Morgan fingerprint density at radius 2 is 1.66 bits per heavy atom. The van der Waals surface area contributed by atoms with Crippen LogP contribution >= 0.6 is 11.6 Å². The minimum absolute atomic E-state index is 0.0294. The molecule has 0 aliphatic carbocycles. The maximum Gasteiger partial charge on any atom is 0.410 e. The highest BCUT2D eigenvalue weighted by molar-refractivity contribution is 6.74. The molecule has 9 heteroatoms. The number of benzene rings is 1. The highest BCUT2D eigenvalue weighted by Crippen LogP contribution is 2.44. The molecular formula is C32H47ClN2O5Si. The van der Waals surface area contributed by atoms with Crippen LogP contribution in [0.1, 0.15) is 95.8 Å². The van der Waals surface area contributed by atoms with Gasteiger partial charge in [0.2, 0.25) is 0 Å². The van der Waals surface area contributed by atoms with Crippen molar-refractivity contribution in [2.45, 2.75) is 123 Å². The van der Waals surface area contributed by atoms with Crippen LogP contribution in [0.25, 0.3) is 0 Å². The fourth-order valence-electron chi connectivity index (χ4n) is 4.76. The Bertz CT molecular complexity index is 1190. The van der Waals surface area contributed by atoms with Gasteiger partial charge in [-0.2, -0.15) is 0 Å². The first-order valence-corrected chi connectivity index (χ1v) is 17.8. The van der Waals surface area contributed by atoms with E-state index in [2.05, 4.69) is 38.8 Å². The van der Waals surface area contributed by atoms with Gasteiger partial charge in [-0.1, -0.05) is 50.6 Å². The van der Waals surface area contributed by atoms with Gasteiger partial charge in [0.1, 0.15) is 10.8 Å². The first-order valence-electron chi connectivity index (χ1n) is 14.5. The molecule has 0 radical (unpaired) electrons. The van der Waals surface area contributed by atoms with Gasteiger partial charge in [-0.25, -0.2) is 14.6 Å². The molecule has 1 aromatic carbocycles. The molecule has 1 amide bonds. The van der Waals surface area contributed by atoms with Crippen molar-refractivity contribution in [1.82, 2.24) is 9.88 Å². The number of ether oxygens (including phenoxy) is 2. The van der Waals surface area contributed by atoms with Crippen LogP contribution in [0.2, 0.25) is 23.3 Å². The summed E-state index contributed by atoms with van der Waals surface area (Å²) in [4.78, 5) is 32.4. The number of amides is 1. The summed E-state index contributed by atoms with van der Waals surface area (Å²) >= 11 is 6.15. The third kappa shape index (κ3) is 8.79. The lowest BCUT2D eigenvalue weighted by molar-refractivity contribution is -0.00244. The van der Waals surface area contributed by atoms with E-state index < -0.39 is 13.9 Å². The number of aromatic nitrogens is 1.